The second-order valence-corrected chi connectivity index (χ2v) is 6.08. The summed E-state index contributed by atoms with van der Waals surface area (Å²) in [5, 5.41) is 6.67. The molecule has 0 radical (unpaired) electrons. The summed E-state index contributed by atoms with van der Waals surface area (Å²) in [6.45, 7) is 1.85. The van der Waals surface area contributed by atoms with Crippen LogP contribution in [0.1, 0.15) is 46.7 Å². The van der Waals surface area contributed by atoms with E-state index in [1.807, 2.05) is 13.1 Å². The predicted molar refractivity (Wildman–Crippen MR) is 84.6 cm³/mol. The van der Waals surface area contributed by atoms with E-state index in [0.717, 1.165) is 38.2 Å². The van der Waals surface area contributed by atoms with E-state index in [9.17, 15) is 4.79 Å². The Bertz CT molecular complexity index is 754. The number of pyridine rings is 1. The Morgan fingerprint density at radius 1 is 1.42 bits per heavy atom. The van der Waals surface area contributed by atoms with Crippen LogP contribution in [-0.2, 0) is 17.7 Å². The van der Waals surface area contributed by atoms with E-state index < -0.39 is 0 Å². The minimum atomic E-state index is -0.249. The number of carbonyl (C=O) groups excluding carboxylic acids is 1. The molecular formula is C16H19N5O3. The molecule has 8 heteroatoms. The normalized spacial score (nSPS) is 19.5. The highest BCUT2D eigenvalue weighted by Gasteiger charge is 2.24. The molecule has 0 aliphatic carbocycles. The molecule has 2 aliphatic rings. The van der Waals surface area contributed by atoms with Gasteiger partial charge in [-0.3, -0.25) is 4.79 Å². The zero-order chi connectivity index (χ0) is 16.5. The zero-order valence-electron chi connectivity index (χ0n) is 13.5. The number of nitrogens with one attached hydrogen (secondary N) is 1. The van der Waals surface area contributed by atoms with E-state index in [-0.39, 0.29) is 18.6 Å². The van der Waals surface area contributed by atoms with Crippen LogP contribution in [-0.4, -0.2) is 41.2 Å². The fourth-order valence-electron chi connectivity index (χ4n) is 3.02. The van der Waals surface area contributed by atoms with Crippen molar-refractivity contribution in [2.75, 3.05) is 25.1 Å². The third-order valence-corrected chi connectivity index (χ3v) is 4.36. The maximum absolute atomic E-state index is 12.3. The standard InChI is InChI=1S/C16H19N5O3/c1-21-7-6-10-4-5-11(18-14(10)21)15(22)17-9-13-19-16(24-20-13)12-3-2-8-23-12/h4-5,12H,2-3,6-9H2,1H3,(H,17,22). The summed E-state index contributed by atoms with van der Waals surface area (Å²) < 4.78 is 10.7. The number of hydrogen-bond donors (Lipinski definition) is 1. The van der Waals surface area contributed by atoms with E-state index in [4.69, 9.17) is 9.26 Å². The minimum absolute atomic E-state index is 0.115. The van der Waals surface area contributed by atoms with Crippen molar-refractivity contribution in [1.29, 1.82) is 0 Å². The molecular weight excluding hydrogens is 310 g/mol. The van der Waals surface area contributed by atoms with Gasteiger partial charge in [0.1, 0.15) is 17.6 Å². The van der Waals surface area contributed by atoms with Gasteiger partial charge < -0.3 is 19.5 Å². The lowest BCUT2D eigenvalue weighted by Gasteiger charge is -2.11. The summed E-state index contributed by atoms with van der Waals surface area (Å²) in [6.07, 6.45) is 2.74. The van der Waals surface area contributed by atoms with Crippen LogP contribution in [0, 0.1) is 0 Å². The van der Waals surface area contributed by atoms with Crippen molar-refractivity contribution in [2.45, 2.75) is 31.9 Å². The number of fused-ring (bicyclic) bond motifs is 1. The van der Waals surface area contributed by atoms with Crippen LogP contribution < -0.4 is 10.2 Å². The van der Waals surface area contributed by atoms with Crippen molar-refractivity contribution in [1.82, 2.24) is 20.4 Å². The molecule has 8 nitrogen and oxygen atoms in total. The van der Waals surface area contributed by atoms with E-state index in [2.05, 4.69) is 25.3 Å². The van der Waals surface area contributed by atoms with Gasteiger partial charge in [-0.1, -0.05) is 11.2 Å². The van der Waals surface area contributed by atoms with Crippen LogP contribution in [0.3, 0.4) is 0 Å². The van der Waals surface area contributed by atoms with Gasteiger partial charge >= 0.3 is 0 Å². The molecule has 1 saturated heterocycles. The summed E-state index contributed by atoms with van der Waals surface area (Å²) in [7, 11) is 1.98. The number of nitrogens with zero attached hydrogens (tertiary/aromatic N) is 4. The van der Waals surface area contributed by atoms with E-state index in [1.54, 1.807) is 6.07 Å². The number of ether oxygens (including phenoxy) is 1. The molecule has 4 rings (SSSR count). The fraction of sp³-hybridized carbons (Fsp3) is 0.500. The first kappa shape index (κ1) is 15.1. The van der Waals surface area contributed by atoms with Gasteiger partial charge in [0.05, 0.1) is 6.54 Å². The van der Waals surface area contributed by atoms with Crippen LogP contribution in [0.4, 0.5) is 5.82 Å². The van der Waals surface area contributed by atoms with Crippen LogP contribution in [0.15, 0.2) is 16.7 Å². The highest BCUT2D eigenvalue weighted by atomic mass is 16.5. The molecule has 2 aromatic heterocycles. The maximum Gasteiger partial charge on any atom is 0.270 e. The second kappa shape index (κ2) is 6.20. The lowest BCUT2D eigenvalue weighted by Crippen LogP contribution is -2.25. The molecule has 0 saturated carbocycles. The number of hydrogen-bond acceptors (Lipinski definition) is 7. The molecule has 2 aliphatic heterocycles. The van der Waals surface area contributed by atoms with E-state index >= 15 is 0 Å². The SMILES string of the molecule is CN1CCc2ccc(C(=O)NCc3noc(C4CCCO4)n3)nc21. The lowest BCUT2D eigenvalue weighted by atomic mass is 10.2. The van der Waals surface area contributed by atoms with Crippen molar-refractivity contribution in [3.05, 3.63) is 35.1 Å². The average Bonchev–Trinajstić information content (AvgIpc) is 3.33. The summed E-state index contributed by atoms with van der Waals surface area (Å²) in [5.41, 5.74) is 1.57. The Kier molecular flexibility index (Phi) is 3.89. The summed E-state index contributed by atoms with van der Waals surface area (Å²) >= 11 is 0. The lowest BCUT2D eigenvalue weighted by molar-refractivity contribution is 0.0835. The molecule has 1 unspecified atom stereocenters. The van der Waals surface area contributed by atoms with Gasteiger partial charge in [-0.05, 0) is 30.9 Å². The van der Waals surface area contributed by atoms with Gasteiger partial charge in [-0.2, -0.15) is 4.98 Å². The second-order valence-electron chi connectivity index (χ2n) is 6.08. The van der Waals surface area contributed by atoms with Crippen LogP contribution in [0.5, 0.6) is 0 Å². The zero-order valence-corrected chi connectivity index (χ0v) is 13.5. The molecule has 126 valence electrons. The molecule has 0 aromatic carbocycles. The van der Waals surface area contributed by atoms with Gasteiger partial charge in [0.15, 0.2) is 5.82 Å². The van der Waals surface area contributed by atoms with E-state index in [0.29, 0.717) is 17.4 Å². The molecule has 2 aromatic rings. The van der Waals surface area contributed by atoms with Crippen molar-refractivity contribution >= 4 is 11.7 Å². The first-order valence-corrected chi connectivity index (χ1v) is 8.14. The van der Waals surface area contributed by atoms with E-state index in [1.165, 1.54) is 5.56 Å². The van der Waals surface area contributed by atoms with Gasteiger partial charge in [0.2, 0.25) is 0 Å². The number of aromatic nitrogens is 3. The Morgan fingerprint density at radius 2 is 2.33 bits per heavy atom. The highest BCUT2D eigenvalue weighted by molar-refractivity contribution is 5.92. The minimum Gasteiger partial charge on any atom is -0.368 e. The number of rotatable bonds is 4. The maximum atomic E-state index is 12.3. The quantitative estimate of drug-likeness (QED) is 0.902. The largest absolute Gasteiger partial charge is 0.368 e. The molecule has 1 N–H and O–H groups in total. The number of likely N-dealkylation sites (N-methyl/N-ethyl adjacent to an activating group) is 1. The van der Waals surface area contributed by atoms with Crippen LogP contribution in [0.25, 0.3) is 0 Å². The summed E-state index contributed by atoms with van der Waals surface area (Å²) in [4.78, 5) is 23.1. The van der Waals surface area contributed by atoms with Gasteiger partial charge in [0, 0.05) is 20.2 Å². The highest BCUT2D eigenvalue weighted by Crippen LogP contribution is 2.27. The van der Waals surface area contributed by atoms with Crippen LogP contribution in [0.2, 0.25) is 0 Å². The Hall–Kier alpha value is -2.48. The topological polar surface area (TPSA) is 93.4 Å². The average molecular weight is 329 g/mol. The molecule has 4 heterocycles. The monoisotopic (exact) mass is 329 g/mol. The number of anilines is 1. The van der Waals surface area contributed by atoms with Crippen molar-refractivity contribution in [3.63, 3.8) is 0 Å². The molecule has 1 fully saturated rings. The fourth-order valence-corrected chi connectivity index (χ4v) is 3.02. The molecule has 1 atom stereocenters. The first-order chi connectivity index (χ1) is 11.7. The Morgan fingerprint density at radius 3 is 3.17 bits per heavy atom. The third kappa shape index (κ3) is 2.84. The number of amides is 1. The van der Waals surface area contributed by atoms with Gasteiger partial charge in [-0.25, -0.2) is 4.98 Å². The Labute approximate surface area is 139 Å². The van der Waals surface area contributed by atoms with Crippen molar-refractivity contribution in [2.24, 2.45) is 0 Å². The molecule has 1 amide bonds. The number of carbonyl (C=O) groups is 1. The van der Waals surface area contributed by atoms with Gasteiger partial charge in [-0.15, -0.1) is 0 Å². The predicted octanol–water partition coefficient (Wildman–Crippen LogP) is 1.24. The van der Waals surface area contributed by atoms with Crippen molar-refractivity contribution in [3.8, 4) is 0 Å². The third-order valence-electron chi connectivity index (χ3n) is 4.36. The molecule has 24 heavy (non-hydrogen) atoms. The molecule has 0 spiro atoms. The van der Waals surface area contributed by atoms with Crippen LogP contribution >= 0.6 is 0 Å². The molecule has 0 bridgehead atoms. The first-order valence-electron chi connectivity index (χ1n) is 8.14. The van der Waals surface area contributed by atoms with Gasteiger partial charge in [0.25, 0.3) is 11.8 Å². The smallest absolute Gasteiger partial charge is 0.270 e. The Balaban J connectivity index is 1.39. The summed E-state index contributed by atoms with van der Waals surface area (Å²) in [5.74, 6) is 1.55. The summed E-state index contributed by atoms with van der Waals surface area (Å²) in [6, 6.07) is 3.71. The van der Waals surface area contributed by atoms with Crippen molar-refractivity contribution < 1.29 is 14.1 Å².